The van der Waals surface area contributed by atoms with Gasteiger partial charge in [0.05, 0.1) is 4.92 Å². The molecule has 1 heterocycles. The van der Waals surface area contributed by atoms with E-state index in [0.29, 0.717) is 11.5 Å². The molecule has 26 heavy (non-hydrogen) atoms. The van der Waals surface area contributed by atoms with Crippen molar-refractivity contribution >= 4 is 40.9 Å². The number of amides is 2. The van der Waals surface area contributed by atoms with Gasteiger partial charge in [0.15, 0.2) is 5.11 Å². The number of thiocarbonyl (C=S) groups is 1. The Balaban J connectivity index is 1.83. The summed E-state index contributed by atoms with van der Waals surface area (Å²) in [7, 11) is 0. The van der Waals surface area contributed by atoms with Crippen molar-refractivity contribution in [2.24, 2.45) is 0 Å². The number of rotatable bonds is 4. The van der Waals surface area contributed by atoms with Crippen LogP contribution in [0.4, 0.5) is 5.69 Å². The Kier molecular flexibility index (Phi) is 6.17. The van der Waals surface area contributed by atoms with Crippen LogP contribution in [0.15, 0.2) is 46.9 Å². The summed E-state index contributed by atoms with van der Waals surface area (Å²) in [6, 6.07) is 8.63. The van der Waals surface area contributed by atoms with E-state index in [1.807, 2.05) is 0 Å². The number of hydrogen-bond acceptors (Lipinski definition) is 6. The molecular formula is C16H14N4O5S. The second-order valence-corrected chi connectivity index (χ2v) is 5.39. The maximum atomic E-state index is 11.9. The summed E-state index contributed by atoms with van der Waals surface area (Å²) < 4.78 is 5.27. The van der Waals surface area contributed by atoms with Crippen LogP contribution in [0, 0.1) is 17.0 Å². The molecule has 9 nitrogen and oxygen atoms in total. The maximum Gasteiger partial charge on any atom is 0.270 e. The van der Waals surface area contributed by atoms with Crippen molar-refractivity contribution in [2.75, 3.05) is 0 Å². The van der Waals surface area contributed by atoms with E-state index in [2.05, 4.69) is 16.2 Å². The first-order chi connectivity index (χ1) is 12.3. The Hall–Kier alpha value is -3.53. The molecule has 0 fully saturated rings. The van der Waals surface area contributed by atoms with E-state index in [4.69, 9.17) is 16.6 Å². The van der Waals surface area contributed by atoms with E-state index < -0.39 is 16.7 Å². The number of non-ortho nitro benzene ring substituents is 1. The number of aryl methyl sites for hydroxylation is 1. The Morgan fingerprint density at radius 3 is 2.65 bits per heavy atom. The molecular weight excluding hydrogens is 360 g/mol. The lowest BCUT2D eigenvalue weighted by atomic mass is 10.2. The van der Waals surface area contributed by atoms with E-state index >= 15 is 0 Å². The molecule has 0 bridgehead atoms. The van der Waals surface area contributed by atoms with E-state index in [9.17, 15) is 19.7 Å². The van der Waals surface area contributed by atoms with Gasteiger partial charge in [0.25, 0.3) is 11.6 Å². The van der Waals surface area contributed by atoms with Crippen LogP contribution in [0.1, 0.15) is 21.9 Å². The molecule has 1 aromatic heterocycles. The summed E-state index contributed by atoms with van der Waals surface area (Å²) >= 11 is 4.88. The van der Waals surface area contributed by atoms with Crippen molar-refractivity contribution in [3.05, 3.63) is 69.7 Å². The molecule has 10 heteroatoms. The number of carbonyl (C=O) groups excluding carboxylic acids is 2. The van der Waals surface area contributed by atoms with E-state index in [1.165, 1.54) is 30.4 Å². The molecule has 0 saturated heterocycles. The van der Waals surface area contributed by atoms with E-state index in [0.717, 1.165) is 6.07 Å². The summed E-state index contributed by atoms with van der Waals surface area (Å²) in [6.07, 6.45) is 2.68. The number of nitrogens with zero attached hydrogens (tertiary/aromatic N) is 1. The number of hydrazine groups is 1. The first-order valence-corrected chi connectivity index (χ1v) is 7.66. The second-order valence-electron chi connectivity index (χ2n) is 4.99. The largest absolute Gasteiger partial charge is 0.462 e. The molecule has 3 N–H and O–H groups in total. The van der Waals surface area contributed by atoms with Crippen LogP contribution < -0.4 is 16.2 Å². The van der Waals surface area contributed by atoms with Crippen LogP contribution in [0.25, 0.3) is 6.08 Å². The average Bonchev–Trinajstić information content (AvgIpc) is 3.03. The van der Waals surface area contributed by atoms with Crippen LogP contribution in [-0.2, 0) is 4.79 Å². The van der Waals surface area contributed by atoms with Gasteiger partial charge < -0.3 is 4.42 Å². The van der Waals surface area contributed by atoms with Crippen LogP contribution in [0.3, 0.4) is 0 Å². The third kappa shape index (κ3) is 5.53. The number of hydrogen-bond donors (Lipinski definition) is 3. The zero-order valence-electron chi connectivity index (χ0n) is 13.5. The molecule has 0 radical (unpaired) electrons. The second kappa shape index (κ2) is 8.53. The summed E-state index contributed by atoms with van der Waals surface area (Å²) in [4.78, 5) is 33.7. The number of nitro groups is 1. The standard InChI is InChI=1S/C16H14N4O5S/c1-10-5-6-13(25-10)7-8-14(21)17-16(26)19-18-15(22)11-3-2-4-12(9-11)20(23)24/h2-9H,1H3,(H,18,22)(H2,17,19,21,26). The zero-order chi connectivity index (χ0) is 19.1. The Morgan fingerprint density at radius 2 is 2.00 bits per heavy atom. The third-order valence-corrected chi connectivity index (χ3v) is 3.21. The van der Waals surface area contributed by atoms with Gasteiger partial charge in [-0.2, -0.15) is 0 Å². The molecule has 2 rings (SSSR count). The molecule has 2 aromatic rings. The van der Waals surface area contributed by atoms with Crippen molar-refractivity contribution < 1.29 is 18.9 Å². The lowest BCUT2D eigenvalue weighted by Crippen LogP contribution is -2.48. The molecule has 0 aliphatic heterocycles. The summed E-state index contributed by atoms with van der Waals surface area (Å²) in [5.41, 5.74) is 4.42. The molecule has 0 unspecified atom stereocenters. The highest BCUT2D eigenvalue weighted by atomic mass is 32.1. The average molecular weight is 374 g/mol. The Morgan fingerprint density at radius 1 is 1.23 bits per heavy atom. The number of benzene rings is 1. The smallest absolute Gasteiger partial charge is 0.270 e. The SMILES string of the molecule is Cc1ccc(C=CC(=O)NC(=S)NNC(=O)c2cccc([N+](=O)[O-])c2)o1. The summed E-state index contributed by atoms with van der Waals surface area (Å²) in [5, 5.41) is 12.9. The van der Waals surface area contributed by atoms with E-state index in [1.54, 1.807) is 19.1 Å². The highest BCUT2D eigenvalue weighted by Crippen LogP contribution is 2.12. The van der Waals surface area contributed by atoms with Crippen LogP contribution in [-0.4, -0.2) is 21.9 Å². The van der Waals surface area contributed by atoms with Gasteiger partial charge in [-0.3, -0.25) is 35.9 Å². The Labute approximate surface area is 153 Å². The molecule has 2 amide bonds. The number of nitro benzene ring substituents is 1. The monoisotopic (exact) mass is 374 g/mol. The molecule has 0 spiro atoms. The normalized spacial score (nSPS) is 10.3. The van der Waals surface area contributed by atoms with Gasteiger partial charge in [-0.1, -0.05) is 6.07 Å². The van der Waals surface area contributed by atoms with Crippen LogP contribution in [0.5, 0.6) is 0 Å². The van der Waals surface area contributed by atoms with Crippen LogP contribution in [0.2, 0.25) is 0 Å². The van der Waals surface area contributed by atoms with Crippen molar-refractivity contribution in [1.29, 1.82) is 0 Å². The topological polar surface area (TPSA) is 127 Å². The first-order valence-electron chi connectivity index (χ1n) is 7.25. The zero-order valence-corrected chi connectivity index (χ0v) is 14.3. The van der Waals surface area contributed by atoms with E-state index in [-0.39, 0.29) is 16.4 Å². The molecule has 0 atom stereocenters. The quantitative estimate of drug-likeness (QED) is 0.323. The van der Waals surface area contributed by atoms with Gasteiger partial charge in [0.2, 0.25) is 5.91 Å². The maximum absolute atomic E-state index is 11.9. The van der Waals surface area contributed by atoms with Crippen molar-refractivity contribution in [2.45, 2.75) is 6.92 Å². The lowest BCUT2D eigenvalue weighted by Gasteiger charge is -2.09. The summed E-state index contributed by atoms with van der Waals surface area (Å²) in [5.74, 6) is 0.0506. The van der Waals surface area contributed by atoms with Gasteiger partial charge in [-0.05, 0) is 43.4 Å². The fraction of sp³-hybridized carbons (Fsp3) is 0.0625. The van der Waals surface area contributed by atoms with Crippen molar-refractivity contribution in [3.63, 3.8) is 0 Å². The van der Waals surface area contributed by atoms with Gasteiger partial charge in [-0.25, -0.2) is 0 Å². The van der Waals surface area contributed by atoms with Gasteiger partial charge in [-0.15, -0.1) is 0 Å². The summed E-state index contributed by atoms with van der Waals surface area (Å²) in [6.45, 7) is 1.78. The molecule has 0 saturated carbocycles. The predicted molar refractivity (Wildman–Crippen MR) is 96.9 cm³/mol. The minimum absolute atomic E-state index is 0.0638. The molecule has 0 aliphatic carbocycles. The number of furan rings is 1. The fourth-order valence-corrected chi connectivity index (χ4v) is 1.98. The van der Waals surface area contributed by atoms with Gasteiger partial charge in [0, 0.05) is 23.8 Å². The fourth-order valence-electron chi connectivity index (χ4n) is 1.83. The van der Waals surface area contributed by atoms with Gasteiger partial charge in [0.1, 0.15) is 11.5 Å². The third-order valence-electron chi connectivity index (χ3n) is 3.01. The molecule has 1 aromatic carbocycles. The number of carbonyl (C=O) groups is 2. The highest BCUT2D eigenvalue weighted by Gasteiger charge is 2.11. The van der Waals surface area contributed by atoms with Crippen molar-refractivity contribution in [1.82, 2.24) is 16.2 Å². The molecule has 134 valence electrons. The first kappa shape index (κ1) is 18.8. The van der Waals surface area contributed by atoms with Crippen LogP contribution >= 0.6 is 12.2 Å². The van der Waals surface area contributed by atoms with Gasteiger partial charge >= 0.3 is 0 Å². The van der Waals surface area contributed by atoms with Crippen molar-refractivity contribution in [3.8, 4) is 0 Å². The lowest BCUT2D eigenvalue weighted by molar-refractivity contribution is -0.384. The Bertz CT molecular complexity index is 890. The number of nitrogens with one attached hydrogen (secondary N) is 3. The predicted octanol–water partition coefficient (Wildman–Crippen LogP) is 1.85. The minimum Gasteiger partial charge on any atom is -0.462 e. The minimum atomic E-state index is -0.646. The molecule has 0 aliphatic rings. The highest BCUT2D eigenvalue weighted by molar-refractivity contribution is 7.80.